The minimum absolute atomic E-state index is 0.188. The van der Waals surface area contributed by atoms with Crippen LogP contribution < -0.4 is 5.32 Å². The van der Waals surface area contributed by atoms with Gasteiger partial charge in [-0.1, -0.05) is 42.5 Å². The van der Waals surface area contributed by atoms with Crippen LogP contribution in [-0.4, -0.2) is 53.8 Å². The highest BCUT2D eigenvalue weighted by atomic mass is 16.2. The first-order valence-corrected chi connectivity index (χ1v) is 9.58. The van der Waals surface area contributed by atoms with Crippen LogP contribution in [0.1, 0.15) is 21.5 Å². The van der Waals surface area contributed by atoms with Crippen LogP contribution >= 0.6 is 0 Å². The summed E-state index contributed by atoms with van der Waals surface area (Å²) in [6, 6.07) is 17.7. The number of nitrogens with zero attached hydrogens (tertiary/aromatic N) is 3. The Kier molecular flexibility index (Phi) is 6.77. The largest absolute Gasteiger partial charge is 0.350 e. The highest BCUT2D eigenvalue weighted by Gasteiger charge is 2.35. The van der Waals surface area contributed by atoms with E-state index in [4.69, 9.17) is 5.26 Å². The number of amides is 2. The molecule has 0 aromatic heterocycles. The van der Waals surface area contributed by atoms with Crippen molar-refractivity contribution in [1.29, 1.82) is 5.26 Å². The van der Waals surface area contributed by atoms with E-state index in [0.717, 1.165) is 5.56 Å². The van der Waals surface area contributed by atoms with E-state index in [1.165, 1.54) is 0 Å². The van der Waals surface area contributed by atoms with E-state index >= 15 is 0 Å². The maximum Gasteiger partial charge on any atom is 0.254 e. The Morgan fingerprint density at radius 2 is 1.97 bits per heavy atom. The minimum Gasteiger partial charge on any atom is -0.350 e. The van der Waals surface area contributed by atoms with E-state index in [2.05, 4.69) is 22.9 Å². The Morgan fingerprint density at radius 1 is 1.17 bits per heavy atom. The molecule has 0 radical (unpaired) electrons. The summed E-state index contributed by atoms with van der Waals surface area (Å²) < 4.78 is 0. The summed E-state index contributed by atoms with van der Waals surface area (Å²) in [5, 5.41) is 12.1. The third-order valence-electron chi connectivity index (χ3n) is 4.96. The predicted octanol–water partition coefficient (Wildman–Crippen LogP) is 2.19. The molecule has 0 spiro atoms. The molecule has 6 nitrogen and oxygen atoms in total. The number of carbonyl (C=O) groups excluding carboxylic acids is 2. The van der Waals surface area contributed by atoms with E-state index in [9.17, 15) is 9.59 Å². The van der Waals surface area contributed by atoms with Gasteiger partial charge in [0.1, 0.15) is 6.04 Å². The Hall–Kier alpha value is -3.43. The van der Waals surface area contributed by atoms with Gasteiger partial charge in [0.25, 0.3) is 5.91 Å². The Labute approximate surface area is 171 Å². The summed E-state index contributed by atoms with van der Waals surface area (Å²) in [7, 11) is 0. The van der Waals surface area contributed by atoms with Gasteiger partial charge in [-0.2, -0.15) is 5.26 Å². The molecular weight excluding hydrogens is 364 g/mol. The molecule has 1 aliphatic rings. The van der Waals surface area contributed by atoms with Crippen LogP contribution in [-0.2, 0) is 11.3 Å². The van der Waals surface area contributed by atoms with Gasteiger partial charge in [0.15, 0.2) is 0 Å². The highest BCUT2D eigenvalue weighted by molar-refractivity contribution is 5.98. The van der Waals surface area contributed by atoms with Crippen molar-refractivity contribution in [1.82, 2.24) is 15.1 Å². The molecule has 1 aliphatic heterocycles. The second-order valence-corrected chi connectivity index (χ2v) is 6.96. The Bertz CT molecular complexity index is 920. The summed E-state index contributed by atoms with van der Waals surface area (Å²) in [4.78, 5) is 29.8. The standard InChI is InChI=1S/C23H24N4O2/c1-2-11-26-12-13-27(23(29)20-10-6-9-19(14-20)15-24)21(17-26)22(28)25-16-18-7-4-3-5-8-18/h2-10,14,21H,1,11-13,16-17H2,(H,25,28). The third-order valence-corrected chi connectivity index (χ3v) is 4.96. The van der Waals surface area contributed by atoms with Crippen LogP contribution in [0.2, 0.25) is 0 Å². The normalized spacial score (nSPS) is 16.7. The van der Waals surface area contributed by atoms with E-state index in [1.54, 1.807) is 35.2 Å². The van der Waals surface area contributed by atoms with Gasteiger partial charge in [0, 0.05) is 38.3 Å². The fraction of sp³-hybridized carbons (Fsp3) is 0.261. The quantitative estimate of drug-likeness (QED) is 0.770. The van der Waals surface area contributed by atoms with Crippen LogP contribution in [0.15, 0.2) is 67.3 Å². The van der Waals surface area contributed by atoms with Gasteiger partial charge < -0.3 is 10.2 Å². The number of piperazine rings is 1. The van der Waals surface area contributed by atoms with Crippen molar-refractivity contribution in [2.45, 2.75) is 12.6 Å². The maximum absolute atomic E-state index is 13.1. The predicted molar refractivity (Wildman–Crippen MR) is 111 cm³/mol. The van der Waals surface area contributed by atoms with E-state index in [0.29, 0.717) is 43.9 Å². The fourth-order valence-electron chi connectivity index (χ4n) is 3.45. The zero-order chi connectivity index (χ0) is 20.6. The highest BCUT2D eigenvalue weighted by Crippen LogP contribution is 2.16. The number of rotatable bonds is 6. The van der Waals surface area contributed by atoms with Crippen molar-refractivity contribution in [3.63, 3.8) is 0 Å². The first kappa shape index (κ1) is 20.3. The Morgan fingerprint density at radius 3 is 2.69 bits per heavy atom. The third kappa shape index (κ3) is 5.09. The van der Waals surface area contributed by atoms with Gasteiger partial charge >= 0.3 is 0 Å². The van der Waals surface area contributed by atoms with Crippen LogP contribution in [0.5, 0.6) is 0 Å². The van der Waals surface area contributed by atoms with Crippen LogP contribution in [0, 0.1) is 11.3 Å². The molecule has 3 rings (SSSR count). The van der Waals surface area contributed by atoms with Gasteiger partial charge in [-0.05, 0) is 23.8 Å². The van der Waals surface area contributed by atoms with E-state index < -0.39 is 6.04 Å². The second-order valence-electron chi connectivity index (χ2n) is 6.96. The monoisotopic (exact) mass is 388 g/mol. The SMILES string of the molecule is C=CCN1CCN(C(=O)c2cccc(C#N)c2)C(C(=O)NCc2ccccc2)C1. The molecule has 0 aliphatic carbocycles. The summed E-state index contributed by atoms with van der Waals surface area (Å²) in [5.41, 5.74) is 1.84. The van der Waals surface area contributed by atoms with Gasteiger partial charge in [-0.15, -0.1) is 6.58 Å². The van der Waals surface area contributed by atoms with E-state index in [-0.39, 0.29) is 11.8 Å². The lowest BCUT2D eigenvalue weighted by Crippen LogP contribution is -2.60. The zero-order valence-electron chi connectivity index (χ0n) is 16.3. The van der Waals surface area contributed by atoms with Crippen molar-refractivity contribution in [3.05, 3.63) is 83.9 Å². The molecule has 148 valence electrons. The van der Waals surface area contributed by atoms with Crippen molar-refractivity contribution >= 4 is 11.8 Å². The van der Waals surface area contributed by atoms with Crippen LogP contribution in [0.3, 0.4) is 0 Å². The molecule has 0 saturated carbocycles. The summed E-state index contributed by atoms with van der Waals surface area (Å²) in [6.07, 6.45) is 1.80. The molecule has 2 aromatic rings. The number of carbonyl (C=O) groups is 2. The molecule has 29 heavy (non-hydrogen) atoms. The smallest absolute Gasteiger partial charge is 0.254 e. The first-order chi connectivity index (χ1) is 14.1. The molecule has 1 atom stereocenters. The fourth-order valence-corrected chi connectivity index (χ4v) is 3.45. The number of hydrogen-bond donors (Lipinski definition) is 1. The average molecular weight is 388 g/mol. The molecular formula is C23H24N4O2. The van der Waals surface area contributed by atoms with Crippen molar-refractivity contribution in [2.24, 2.45) is 0 Å². The van der Waals surface area contributed by atoms with Crippen molar-refractivity contribution in [2.75, 3.05) is 26.2 Å². The number of nitrogens with one attached hydrogen (secondary N) is 1. The van der Waals surface area contributed by atoms with Crippen LogP contribution in [0.25, 0.3) is 0 Å². The van der Waals surface area contributed by atoms with Crippen molar-refractivity contribution < 1.29 is 9.59 Å². The number of hydrogen-bond acceptors (Lipinski definition) is 4. The molecule has 2 aromatic carbocycles. The molecule has 2 amide bonds. The Balaban J connectivity index is 1.77. The lowest BCUT2D eigenvalue weighted by atomic mass is 10.1. The lowest BCUT2D eigenvalue weighted by Gasteiger charge is -2.40. The van der Waals surface area contributed by atoms with Gasteiger partial charge in [-0.25, -0.2) is 0 Å². The van der Waals surface area contributed by atoms with Gasteiger partial charge in [0.05, 0.1) is 11.6 Å². The topological polar surface area (TPSA) is 76.4 Å². The molecule has 1 fully saturated rings. The zero-order valence-corrected chi connectivity index (χ0v) is 16.3. The summed E-state index contributed by atoms with van der Waals surface area (Å²) >= 11 is 0. The van der Waals surface area contributed by atoms with Crippen LogP contribution in [0.4, 0.5) is 0 Å². The molecule has 1 heterocycles. The molecule has 1 N–H and O–H groups in total. The van der Waals surface area contributed by atoms with E-state index in [1.807, 2.05) is 30.3 Å². The minimum atomic E-state index is -0.606. The second kappa shape index (κ2) is 9.67. The number of benzene rings is 2. The lowest BCUT2D eigenvalue weighted by molar-refractivity contribution is -0.127. The molecule has 1 unspecified atom stereocenters. The number of nitriles is 1. The van der Waals surface area contributed by atoms with Crippen molar-refractivity contribution in [3.8, 4) is 6.07 Å². The maximum atomic E-state index is 13.1. The summed E-state index contributed by atoms with van der Waals surface area (Å²) in [5.74, 6) is -0.424. The first-order valence-electron chi connectivity index (χ1n) is 9.58. The summed E-state index contributed by atoms with van der Waals surface area (Å²) in [6.45, 7) is 6.38. The molecule has 0 bridgehead atoms. The molecule has 6 heteroatoms. The molecule has 1 saturated heterocycles. The van der Waals surface area contributed by atoms with Gasteiger partial charge in [0.2, 0.25) is 5.91 Å². The van der Waals surface area contributed by atoms with Gasteiger partial charge in [-0.3, -0.25) is 14.5 Å². The average Bonchev–Trinajstić information content (AvgIpc) is 2.78.